The molecule has 0 amide bonds. The molecule has 4 nitrogen and oxygen atoms in total. The van der Waals surface area contributed by atoms with E-state index >= 15 is 0 Å². The molecule has 0 aliphatic rings. The predicted octanol–water partition coefficient (Wildman–Crippen LogP) is 4.35. The number of hydrogen-bond acceptors (Lipinski definition) is 3. The van der Waals surface area contributed by atoms with Crippen molar-refractivity contribution in [3.8, 4) is 17.2 Å². The molecular formula is C16H13BrO4. The Hall–Kier alpha value is -2.27. The zero-order valence-corrected chi connectivity index (χ0v) is 12.8. The fourth-order valence-electron chi connectivity index (χ4n) is 1.63. The molecular weight excluding hydrogens is 336 g/mol. The summed E-state index contributed by atoms with van der Waals surface area (Å²) in [5, 5.41) is 8.57. The summed E-state index contributed by atoms with van der Waals surface area (Å²) >= 11 is 3.42. The van der Waals surface area contributed by atoms with E-state index in [-0.39, 0.29) is 0 Å². The fourth-order valence-corrected chi connectivity index (χ4v) is 2.07. The molecule has 0 bridgehead atoms. The lowest BCUT2D eigenvalue weighted by Gasteiger charge is -2.09. The molecule has 0 aromatic heterocycles. The average molecular weight is 349 g/mol. The Bertz CT molecular complexity index is 662. The molecule has 0 saturated carbocycles. The SMILES string of the molecule is COc1ccc(Oc2ccc(/C=C/C(=O)O)cc2)c(Br)c1. The number of ether oxygens (including phenoxy) is 2. The minimum Gasteiger partial charge on any atom is -0.497 e. The van der Waals surface area contributed by atoms with E-state index < -0.39 is 5.97 Å². The first-order valence-corrected chi connectivity index (χ1v) is 6.90. The van der Waals surface area contributed by atoms with Gasteiger partial charge in [-0.15, -0.1) is 0 Å². The topological polar surface area (TPSA) is 55.8 Å². The van der Waals surface area contributed by atoms with Gasteiger partial charge >= 0.3 is 5.97 Å². The molecule has 0 saturated heterocycles. The van der Waals surface area contributed by atoms with Gasteiger partial charge in [-0.2, -0.15) is 0 Å². The molecule has 0 heterocycles. The Kier molecular flexibility index (Phi) is 5.00. The van der Waals surface area contributed by atoms with Gasteiger partial charge < -0.3 is 14.6 Å². The van der Waals surface area contributed by atoms with Gasteiger partial charge in [-0.25, -0.2) is 4.79 Å². The first-order chi connectivity index (χ1) is 10.1. The maximum atomic E-state index is 10.4. The molecule has 0 unspecified atom stereocenters. The Morgan fingerprint density at radius 1 is 1.14 bits per heavy atom. The van der Waals surface area contributed by atoms with E-state index in [1.807, 2.05) is 12.1 Å². The fraction of sp³-hybridized carbons (Fsp3) is 0.0625. The lowest BCUT2D eigenvalue weighted by Crippen LogP contribution is -1.88. The van der Waals surface area contributed by atoms with Crippen molar-refractivity contribution >= 4 is 28.0 Å². The molecule has 1 N–H and O–H groups in total. The Labute approximate surface area is 130 Å². The van der Waals surface area contributed by atoms with Crippen molar-refractivity contribution in [3.63, 3.8) is 0 Å². The third-order valence-corrected chi connectivity index (χ3v) is 3.29. The molecule has 0 radical (unpaired) electrons. The number of hydrogen-bond donors (Lipinski definition) is 1. The number of rotatable bonds is 5. The molecule has 0 fully saturated rings. The van der Waals surface area contributed by atoms with E-state index in [2.05, 4.69) is 15.9 Å². The third-order valence-electron chi connectivity index (χ3n) is 2.67. The summed E-state index contributed by atoms with van der Waals surface area (Å²) in [6.07, 6.45) is 2.62. The number of carbonyl (C=O) groups is 1. The van der Waals surface area contributed by atoms with Gasteiger partial charge in [-0.05, 0) is 57.9 Å². The number of carboxylic acid groups (broad SMARTS) is 1. The highest BCUT2D eigenvalue weighted by Crippen LogP contribution is 2.32. The highest BCUT2D eigenvalue weighted by Gasteiger charge is 2.04. The van der Waals surface area contributed by atoms with E-state index in [0.29, 0.717) is 11.5 Å². The lowest BCUT2D eigenvalue weighted by atomic mass is 10.2. The van der Waals surface area contributed by atoms with Crippen LogP contribution >= 0.6 is 15.9 Å². The Morgan fingerprint density at radius 2 is 1.81 bits per heavy atom. The summed E-state index contributed by atoms with van der Waals surface area (Å²) in [6.45, 7) is 0. The van der Waals surface area contributed by atoms with Crippen molar-refractivity contribution in [2.45, 2.75) is 0 Å². The van der Waals surface area contributed by atoms with Crippen LogP contribution in [-0.4, -0.2) is 18.2 Å². The van der Waals surface area contributed by atoms with Crippen LogP contribution in [0.4, 0.5) is 0 Å². The van der Waals surface area contributed by atoms with Crippen molar-refractivity contribution in [1.82, 2.24) is 0 Å². The Morgan fingerprint density at radius 3 is 2.38 bits per heavy atom. The highest BCUT2D eigenvalue weighted by atomic mass is 79.9. The molecule has 2 aromatic rings. The van der Waals surface area contributed by atoms with Crippen LogP contribution in [0.15, 0.2) is 53.0 Å². The van der Waals surface area contributed by atoms with Crippen LogP contribution < -0.4 is 9.47 Å². The van der Waals surface area contributed by atoms with Gasteiger partial charge in [0, 0.05) is 6.08 Å². The van der Waals surface area contributed by atoms with Crippen LogP contribution in [-0.2, 0) is 4.79 Å². The lowest BCUT2D eigenvalue weighted by molar-refractivity contribution is -0.131. The largest absolute Gasteiger partial charge is 0.497 e. The minimum atomic E-state index is -0.975. The van der Waals surface area contributed by atoms with Crippen LogP contribution in [0.5, 0.6) is 17.2 Å². The number of halogens is 1. The first-order valence-electron chi connectivity index (χ1n) is 6.11. The zero-order valence-electron chi connectivity index (χ0n) is 11.2. The third kappa shape index (κ3) is 4.36. The first kappa shape index (κ1) is 15.1. The molecule has 0 aliphatic carbocycles. The molecule has 108 valence electrons. The second-order valence-electron chi connectivity index (χ2n) is 4.14. The van der Waals surface area contributed by atoms with E-state index in [1.165, 1.54) is 6.08 Å². The maximum absolute atomic E-state index is 10.4. The predicted molar refractivity (Wildman–Crippen MR) is 83.9 cm³/mol. The number of benzene rings is 2. The van der Waals surface area contributed by atoms with Gasteiger partial charge in [0.1, 0.15) is 17.2 Å². The van der Waals surface area contributed by atoms with Gasteiger partial charge in [0.2, 0.25) is 0 Å². The summed E-state index contributed by atoms with van der Waals surface area (Å²) in [6, 6.07) is 12.6. The summed E-state index contributed by atoms with van der Waals surface area (Å²) in [5.74, 6) is 1.10. The van der Waals surface area contributed by atoms with Crippen molar-refractivity contribution in [2.75, 3.05) is 7.11 Å². The minimum absolute atomic E-state index is 0.661. The van der Waals surface area contributed by atoms with Gasteiger partial charge in [-0.3, -0.25) is 0 Å². The molecule has 0 spiro atoms. The summed E-state index contributed by atoms with van der Waals surface area (Å²) in [7, 11) is 1.60. The monoisotopic (exact) mass is 348 g/mol. The zero-order chi connectivity index (χ0) is 15.2. The van der Waals surface area contributed by atoms with E-state index in [1.54, 1.807) is 37.4 Å². The van der Waals surface area contributed by atoms with Crippen LogP contribution in [0.3, 0.4) is 0 Å². The molecule has 5 heteroatoms. The van der Waals surface area contributed by atoms with Crippen molar-refractivity contribution in [3.05, 3.63) is 58.6 Å². The quantitative estimate of drug-likeness (QED) is 0.816. The maximum Gasteiger partial charge on any atom is 0.328 e. The molecule has 0 atom stereocenters. The van der Waals surface area contributed by atoms with Crippen LogP contribution in [0.1, 0.15) is 5.56 Å². The van der Waals surface area contributed by atoms with Gasteiger partial charge in [0.15, 0.2) is 0 Å². The van der Waals surface area contributed by atoms with E-state index in [0.717, 1.165) is 21.9 Å². The van der Waals surface area contributed by atoms with Crippen LogP contribution in [0.25, 0.3) is 6.08 Å². The number of methoxy groups -OCH3 is 1. The van der Waals surface area contributed by atoms with Crippen LogP contribution in [0.2, 0.25) is 0 Å². The molecule has 2 rings (SSSR count). The van der Waals surface area contributed by atoms with Gasteiger partial charge in [0.25, 0.3) is 0 Å². The van der Waals surface area contributed by atoms with Crippen molar-refractivity contribution in [2.24, 2.45) is 0 Å². The van der Waals surface area contributed by atoms with Crippen molar-refractivity contribution < 1.29 is 19.4 Å². The molecule has 2 aromatic carbocycles. The second kappa shape index (κ2) is 6.95. The van der Waals surface area contributed by atoms with Crippen LogP contribution in [0, 0.1) is 0 Å². The smallest absolute Gasteiger partial charge is 0.328 e. The van der Waals surface area contributed by atoms with E-state index in [4.69, 9.17) is 14.6 Å². The summed E-state index contributed by atoms with van der Waals surface area (Å²) < 4.78 is 11.7. The molecule has 21 heavy (non-hydrogen) atoms. The summed E-state index contributed by atoms with van der Waals surface area (Å²) in [4.78, 5) is 10.4. The molecule has 0 aliphatic heterocycles. The van der Waals surface area contributed by atoms with E-state index in [9.17, 15) is 4.79 Å². The second-order valence-corrected chi connectivity index (χ2v) is 4.99. The standard InChI is InChI=1S/C16H13BrO4/c1-20-13-7-8-15(14(17)10-13)21-12-5-2-11(3-6-12)4-9-16(18)19/h2-10H,1H3,(H,18,19)/b9-4+. The normalized spacial score (nSPS) is 10.6. The highest BCUT2D eigenvalue weighted by molar-refractivity contribution is 9.10. The van der Waals surface area contributed by atoms with Crippen molar-refractivity contribution in [1.29, 1.82) is 0 Å². The van der Waals surface area contributed by atoms with Gasteiger partial charge in [-0.1, -0.05) is 12.1 Å². The van der Waals surface area contributed by atoms with Gasteiger partial charge in [0.05, 0.1) is 11.6 Å². The number of carboxylic acids is 1. The Balaban J connectivity index is 2.11. The average Bonchev–Trinajstić information content (AvgIpc) is 2.48. The number of aliphatic carboxylic acids is 1. The summed E-state index contributed by atoms with van der Waals surface area (Å²) in [5.41, 5.74) is 0.790.